The quantitative estimate of drug-likeness (QED) is 0.785. The van der Waals surface area contributed by atoms with Gasteiger partial charge in [-0.15, -0.1) is 11.3 Å². The fourth-order valence-electron chi connectivity index (χ4n) is 2.04. The Hall–Kier alpha value is -0.640. The molecule has 1 aromatic carbocycles. The van der Waals surface area contributed by atoms with Crippen molar-refractivity contribution < 1.29 is 0 Å². The van der Waals surface area contributed by atoms with Gasteiger partial charge in [0.1, 0.15) is 0 Å². The van der Waals surface area contributed by atoms with E-state index in [1.807, 2.05) is 11.3 Å². The lowest BCUT2D eigenvalue weighted by molar-refractivity contribution is 0.462. The second kappa shape index (κ2) is 6.50. The highest BCUT2D eigenvalue weighted by atomic mass is 79.9. The zero-order valence-corrected chi connectivity index (χ0v) is 13.1. The van der Waals surface area contributed by atoms with Crippen molar-refractivity contribution in [3.05, 3.63) is 56.7 Å². The molecule has 0 saturated carbocycles. The molecule has 0 saturated heterocycles. The van der Waals surface area contributed by atoms with Gasteiger partial charge in [0.15, 0.2) is 0 Å². The monoisotopic (exact) mass is 323 g/mol. The molecule has 18 heavy (non-hydrogen) atoms. The largest absolute Gasteiger partial charge is 0.303 e. The van der Waals surface area contributed by atoms with E-state index in [0.29, 0.717) is 12.1 Å². The molecule has 2 rings (SSSR count). The maximum absolute atomic E-state index is 3.70. The molecular formula is C15H18BrNS. The van der Waals surface area contributed by atoms with Crippen LogP contribution in [-0.2, 0) is 0 Å². The van der Waals surface area contributed by atoms with Crippen molar-refractivity contribution in [2.24, 2.45) is 0 Å². The fourth-order valence-corrected chi connectivity index (χ4v) is 3.17. The molecule has 1 heterocycles. The average molecular weight is 324 g/mol. The summed E-state index contributed by atoms with van der Waals surface area (Å²) in [6, 6.07) is 13.7. The van der Waals surface area contributed by atoms with Crippen molar-refractivity contribution in [2.45, 2.75) is 32.4 Å². The molecule has 3 heteroatoms. The highest BCUT2D eigenvalue weighted by Gasteiger charge is 2.14. The minimum absolute atomic E-state index is 0.366. The van der Waals surface area contributed by atoms with Crippen LogP contribution in [-0.4, -0.2) is 0 Å². The van der Waals surface area contributed by atoms with E-state index in [1.54, 1.807) is 0 Å². The summed E-state index contributed by atoms with van der Waals surface area (Å²) in [6.45, 7) is 4.45. The van der Waals surface area contributed by atoms with E-state index >= 15 is 0 Å². The molecule has 2 aromatic rings. The molecule has 0 fully saturated rings. The SMILES string of the molecule is CCC(NC(C)c1ccc(Br)cc1)c1cccs1. The van der Waals surface area contributed by atoms with Crippen LogP contribution in [0.1, 0.15) is 42.8 Å². The van der Waals surface area contributed by atoms with Crippen molar-refractivity contribution >= 4 is 27.3 Å². The third-order valence-corrected chi connectivity index (χ3v) is 4.63. The molecule has 1 aromatic heterocycles. The van der Waals surface area contributed by atoms with Crippen molar-refractivity contribution in [2.75, 3.05) is 0 Å². The molecule has 1 nitrogen and oxygen atoms in total. The predicted molar refractivity (Wildman–Crippen MR) is 83.0 cm³/mol. The highest BCUT2D eigenvalue weighted by molar-refractivity contribution is 9.10. The third-order valence-electron chi connectivity index (χ3n) is 3.12. The van der Waals surface area contributed by atoms with Gasteiger partial charge >= 0.3 is 0 Å². The van der Waals surface area contributed by atoms with Crippen LogP contribution in [0.4, 0.5) is 0 Å². The van der Waals surface area contributed by atoms with E-state index in [1.165, 1.54) is 10.4 Å². The Kier molecular flexibility index (Phi) is 4.98. The van der Waals surface area contributed by atoms with Gasteiger partial charge in [-0.2, -0.15) is 0 Å². The Bertz CT molecular complexity index is 464. The molecule has 0 aliphatic rings. The molecule has 0 bridgehead atoms. The van der Waals surface area contributed by atoms with E-state index in [2.05, 4.69) is 76.9 Å². The minimum Gasteiger partial charge on any atom is -0.303 e. The first-order chi connectivity index (χ1) is 8.70. The van der Waals surface area contributed by atoms with Crippen LogP contribution in [0.2, 0.25) is 0 Å². The Labute approximate surface area is 121 Å². The van der Waals surface area contributed by atoms with Crippen LogP contribution in [0.5, 0.6) is 0 Å². The first-order valence-electron chi connectivity index (χ1n) is 6.25. The van der Waals surface area contributed by atoms with Gasteiger partial charge in [-0.3, -0.25) is 0 Å². The summed E-state index contributed by atoms with van der Waals surface area (Å²) < 4.78 is 1.13. The summed E-state index contributed by atoms with van der Waals surface area (Å²) in [7, 11) is 0. The standard InChI is InChI=1S/C15H18BrNS/c1-3-14(15-5-4-10-18-15)17-11(2)12-6-8-13(16)9-7-12/h4-11,14,17H,3H2,1-2H3. The Morgan fingerprint density at radius 1 is 1.22 bits per heavy atom. The van der Waals surface area contributed by atoms with Gasteiger partial charge in [-0.25, -0.2) is 0 Å². The average Bonchev–Trinajstić information content (AvgIpc) is 2.90. The Balaban J connectivity index is 2.05. The molecule has 0 aliphatic carbocycles. The van der Waals surface area contributed by atoms with Crippen molar-refractivity contribution in [3.63, 3.8) is 0 Å². The van der Waals surface area contributed by atoms with Gasteiger partial charge in [0.25, 0.3) is 0 Å². The van der Waals surface area contributed by atoms with E-state index in [9.17, 15) is 0 Å². The molecule has 0 aliphatic heterocycles. The van der Waals surface area contributed by atoms with Crippen LogP contribution < -0.4 is 5.32 Å². The second-order valence-corrected chi connectivity index (χ2v) is 6.31. The Morgan fingerprint density at radius 2 is 1.94 bits per heavy atom. The summed E-state index contributed by atoms with van der Waals surface area (Å²) >= 11 is 5.30. The minimum atomic E-state index is 0.366. The van der Waals surface area contributed by atoms with Gasteiger partial charge in [-0.1, -0.05) is 41.1 Å². The lowest BCUT2D eigenvalue weighted by Gasteiger charge is -2.21. The molecular weight excluding hydrogens is 306 g/mol. The summed E-state index contributed by atoms with van der Waals surface area (Å²) in [5, 5.41) is 5.84. The topological polar surface area (TPSA) is 12.0 Å². The Morgan fingerprint density at radius 3 is 2.50 bits per heavy atom. The summed E-state index contributed by atoms with van der Waals surface area (Å²) in [5.41, 5.74) is 1.33. The molecule has 2 atom stereocenters. The number of halogens is 1. The molecule has 1 N–H and O–H groups in total. The first kappa shape index (κ1) is 13.8. The van der Waals surface area contributed by atoms with E-state index in [4.69, 9.17) is 0 Å². The number of thiophene rings is 1. The maximum atomic E-state index is 3.70. The maximum Gasteiger partial charge on any atom is 0.0416 e. The normalized spacial score (nSPS) is 14.4. The van der Waals surface area contributed by atoms with Crippen LogP contribution in [0.25, 0.3) is 0 Å². The van der Waals surface area contributed by atoms with Crippen LogP contribution in [0, 0.1) is 0 Å². The lowest BCUT2D eigenvalue weighted by Crippen LogP contribution is -2.23. The fraction of sp³-hybridized carbons (Fsp3) is 0.333. The first-order valence-corrected chi connectivity index (χ1v) is 7.93. The summed E-state index contributed by atoms with van der Waals surface area (Å²) in [6.07, 6.45) is 1.11. The van der Waals surface area contributed by atoms with E-state index in [0.717, 1.165) is 10.9 Å². The molecule has 96 valence electrons. The number of rotatable bonds is 5. The zero-order chi connectivity index (χ0) is 13.0. The van der Waals surface area contributed by atoms with Gasteiger partial charge in [0.2, 0.25) is 0 Å². The van der Waals surface area contributed by atoms with Crippen molar-refractivity contribution in [1.29, 1.82) is 0 Å². The zero-order valence-electron chi connectivity index (χ0n) is 10.7. The number of hydrogen-bond donors (Lipinski definition) is 1. The van der Waals surface area contributed by atoms with Gasteiger partial charge in [0.05, 0.1) is 0 Å². The number of hydrogen-bond acceptors (Lipinski definition) is 2. The van der Waals surface area contributed by atoms with E-state index < -0.39 is 0 Å². The van der Waals surface area contributed by atoms with Crippen molar-refractivity contribution in [3.8, 4) is 0 Å². The molecule has 0 radical (unpaired) electrons. The van der Waals surface area contributed by atoms with E-state index in [-0.39, 0.29) is 0 Å². The lowest BCUT2D eigenvalue weighted by atomic mass is 10.1. The van der Waals surface area contributed by atoms with Crippen LogP contribution >= 0.6 is 27.3 Å². The van der Waals surface area contributed by atoms with Crippen molar-refractivity contribution in [1.82, 2.24) is 5.32 Å². The summed E-state index contributed by atoms with van der Waals surface area (Å²) in [4.78, 5) is 1.42. The predicted octanol–water partition coefficient (Wildman–Crippen LogP) is 5.31. The smallest absolute Gasteiger partial charge is 0.0416 e. The van der Waals surface area contributed by atoms with Gasteiger partial charge in [-0.05, 0) is 42.5 Å². The second-order valence-electron chi connectivity index (χ2n) is 4.42. The third kappa shape index (κ3) is 3.44. The van der Waals surface area contributed by atoms with Crippen LogP contribution in [0.15, 0.2) is 46.3 Å². The number of benzene rings is 1. The highest BCUT2D eigenvalue weighted by Crippen LogP contribution is 2.26. The van der Waals surface area contributed by atoms with Gasteiger partial charge in [0, 0.05) is 21.4 Å². The summed E-state index contributed by atoms with van der Waals surface area (Å²) in [5.74, 6) is 0. The number of nitrogens with one attached hydrogen (secondary N) is 1. The van der Waals surface area contributed by atoms with Gasteiger partial charge < -0.3 is 5.32 Å². The van der Waals surface area contributed by atoms with Crippen LogP contribution in [0.3, 0.4) is 0 Å². The molecule has 0 amide bonds. The molecule has 2 unspecified atom stereocenters. The molecule has 0 spiro atoms.